The fraction of sp³-hybridized carbons (Fsp3) is 0.222. The summed E-state index contributed by atoms with van der Waals surface area (Å²) >= 11 is 5.95. The fourth-order valence-corrected chi connectivity index (χ4v) is 2.39. The van der Waals surface area contributed by atoms with Gasteiger partial charge in [-0.2, -0.15) is 5.26 Å². The number of likely N-dealkylation sites (N-methyl/N-ethyl adjacent to an activating group) is 1. The molecular weight excluding hydrogens is 329 g/mol. The van der Waals surface area contributed by atoms with E-state index in [0.717, 1.165) is 0 Å². The smallest absolute Gasteiger partial charge is 0.241 e. The molecule has 0 aliphatic rings. The molecule has 2 aromatic rings. The van der Waals surface area contributed by atoms with Gasteiger partial charge >= 0.3 is 0 Å². The molecule has 1 amide bonds. The third-order valence-corrected chi connectivity index (χ3v) is 4.09. The van der Waals surface area contributed by atoms with E-state index in [4.69, 9.17) is 16.9 Å². The normalized spacial score (nSPS) is 11.8. The van der Waals surface area contributed by atoms with Gasteiger partial charge in [0, 0.05) is 17.8 Å². The van der Waals surface area contributed by atoms with E-state index >= 15 is 0 Å². The Kier molecular flexibility index (Phi) is 5.91. The number of hydrogen-bond donors (Lipinski definition) is 1. The molecule has 0 aromatic heterocycles. The zero-order valence-corrected chi connectivity index (χ0v) is 14.1. The lowest BCUT2D eigenvalue weighted by atomic mass is 10.1. The maximum Gasteiger partial charge on any atom is 0.241 e. The van der Waals surface area contributed by atoms with Crippen molar-refractivity contribution >= 4 is 23.2 Å². The molecule has 0 bridgehead atoms. The lowest BCUT2D eigenvalue weighted by Crippen LogP contribution is -2.39. The molecule has 4 nitrogen and oxygen atoms in total. The number of amides is 1. The summed E-state index contributed by atoms with van der Waals surface area (Å²) < 4.78 is 13.7. The van der Waals surface area contributed by atoms with Gasteiger partial charge in [-0.1, -0.05) is 29.8 Å². The molecule has 0 saturated heterocycles. The minimum Gasteiger partial charge on any atom is -0.325 e. The highest BCUT2D eigenvalue weighted by molar-refractivity contribution is 6.32. The summed E-state index contributed by atoms with van der Waals surface area (Å²) in [6.45, 7) is 2.05. The number of nitrogens with zero attached hydrogens (tertiary/aromatic N) is 2. The average molecular weight is 346 g/mol. The van der Waals surface area contributed by atoms with E-state index in [-0.39, 0.29) is 16.7 Å². The molecule has 1 atom stereocenters. The van der Waals surface area contributed by atoms with Crippen LogP contribution in [0.15, 0.2) is 42.5 Å². The summed E-state index contributed by atoms with van der Waals surface area (Å²) in [5, 5.41) is 11.9. The fourth-order valence-electron chi connectivity index (χ4n) is 2.16. The van der Waals surface area contributed by atoms with Crippen molar-refractivity contribution in [2.24, 2.45) is 0 Å². The van der Waals surface area contributed by atoms with E-state index in [9.17, 15) is 9.18 Å². The Morgan fingerprint density at radius 1 is 1.38 bits per heavy atom. The van der Waals surface area contributed by atoms with Crippen LogP contribution < -0.4 is 5.32 Å². The molecule has 24 heavy (non-hydrogen) atoms. The minimum atomic E-state index is -0.473. The first-order chi connectivity index (χ1) is 11.4. The van der Waals surface area contributed by atoms with Gasteiger partial charge in [-0.05, 0) is 38.2 Å². The van der Waals surface area contributed by atoms with Crippen LogP contribution in [-0.2, 0) is 11.3 Å². The standard InChI is InChI=1S/C18H17ClFN3O/c1-12(23(2)11-14-5-3-4-6-17(14)20)18(24)22-15-8-7-13(10-21)16(19)9-15/h3-9,12H,11H2,1-2H3,(H,22,24). The third kappa shape index (κ3) is 4.31. The molecule has 0 aliphatic carbocycles. The largest absolute Gasteiger partial charge is 0.325 e. The second-order valence-electron chi connectivity index (χ2n) is 5.48. The Morgan fingerprint density at radius 2 is 2.08 bits per heavy atom. The van der Waals surface area contributed by atoms with Crippen molar-refractivity contribution < 1.29 is 9.18 Å². The highest BCUT2D eigenvalue weighted by Gasteiger charge is 2.19. The molecule has 0 heterocycles. The summed E-state index contributed by atoms with van der Waals surface area (Å²) in [6.07, 6.45) is 0. The lowest BCUT2D eigenvalue weighted by Gasteiger charge is -2.24. The number of nitriles is 1. The van der Waals surface area contributed by atoms with Gasteiger partial charge in [0.15, 0.2) is 0 Å². The number of nitrogens with one attached hydrogen (secondary N) is 1. The molecule has 0 radical (unpaired) electrons. The second kappa shape index (κ2) is 7.91. The summed E-state index contributed by atoms with van der Waals surface area (Å²) in [4.78, 5) is 14.1. The molecule has 124 valence electrons. The minimum absolute atomic E-state index is 0.241. The van der Waals surface area contributed by atoms with Gasteiger partial charge in [0.1, 0.15) is 11.9 Å². The molecular formula is C18H17ClFN3O. The van der Waals surface area contributed by atoms with Gasteiger partial charge in [-0.15, -0.1) is 0 Å². The quantitative estimate of drug-likeness (QED) is 0.896. The molecule has 0 fully saturated rings. The average Bonchev–Trinajstić information content (AvgIpc) is 2.56. The Morgan fingerprint density at radius 3 is 2.71 bits per heavy atom. The molecule has 6 heteroatoms. The summed E-state index contributed by atoms with van der Waals surface area (Å²) in [6, 6.07) is 12.7. The topological polar surface area (TPSA) is 56.1 Å². The monoisotopic (exact) mass is 345 g/mol. The van der Waals surface area contributed by atoms with Crippen LogP contribution in [0, 0.1) is 17.1 Å². The van der Waals surface area contributed by atoms with Crippen LogP contribution in [-0.4, -0.2) is 23.9 Å². The number of anilines is 1. The first-order valence-corrected chi connectivity index (χ1v) is 7.74. The van der Waals surface area contributed by atoms with Crippen molar-refractivity contribution in [3.8, 4) is 6.07 Å². The first-order valence-electron chi connectivity index (χ1n) is 7.36. The van der Waals surface area contributed by atoms with E-state index in [1.165, 1.54) is 12.1 Å². The Bertz CT molecular complexity index is 788. The van der Waals surface area contributed by atoms with Crippen molar-refractivity contribution in [2.75, 3.05) is 12.4 Å². The van der Waals surface area contributed by atoms with Crippen LogP contribution in [0.5, 0.6) is 0 Å². The summed E-state index contributed by atoms with van der Waals surface area (Å²) in [7, 11) is 1.75. The Hall–Kier alpha value is -2.42. The van der Waals surface area contributed by atoms with Crippen LogP contribution in [0.1, 0.15) is 18.1 Å². The Labute approximate surface area is 145 Å². The first kappa shape index (κ1) is 17.9. The SMILES string of the molecule is CC(C(=O)Nc1ccc(C#N)c(Cl)c1)N(C)Cc1ccccc1F. The molecule has 0 spiro atoms. The highest BCUT2D eigenvalue weighted by Crippen LogP contribution is 2.20. The van der Waals surface area contributed by atoms with Crippen LogP contribution >= 0.6 is 11.6 Å². The summed E-state index contributed by atoms with van der Waals surface area (Å²) in [5.74, 6) is -0.537. The van der Waals surface area contributed by atoms with Crippen LogP contribution in [0.2, 0.25) is 5.02 Å². The van der Waals surface area contributed by atoms with Crippen molar-refractivity contribution in [1.29, 1.82) is 5.26 Å². The number of benzene rings is 2. The molecule has 0 aliphatic heterocycles. The predicted molar refractivity (Wildman–Crippen MR) is 92.1 cm³/mol. The van der Waals surface area contributed by atoms with Crippen LogP contribution in [0.25, 0.3) is 0 Å². The molecule has 2 rings (SSSR count). The second-order valence-corrected chi connectivity index (χ2v) is 5.89. The molecule has 0 saturated carbocycles. The third-order valence-electron chi connectivity index (χ3n) is 3.78. The van der Waals surface area contributed by atoms with Crippen molar-refractivity contribution in [1.82, 2.24) is 4.90 Å². The van der Waals surface area contributed by atoms with E-state index < -0.39 is 6.04 Å². The number of halogens is 2. The van der Waals surface area contributed by atoms with Crippen molar-refractivity contribution in [3.63, 3.8) is 0 Å². The number of carbonyl (C=O) groups is 1. The number of hydrogen-bond acceptors (Lipinski definition) is 3. The van der Waals surface area contributed by atoms with Crippen molar-refractivity contribution in [3.05, 3.63) is 64.4 Å². The van der Waals surface area contributed by atoms with Crippen LogP contribution in [0.3, 0.4) is 0 Å². The van der Waals surface area contributed by atoms with Crippen molar-refractivity contribution in [2.45, 2.75) is 19.5 Å². The van der Waals surface area contributed by atoms with Gasteiger partial charge in [-0.3, -0.25) is 9.69 Å². The van der Waals surface area contributed by atoms with Gasteiger partial charge in [0.05, 0.1) is 16.6 Å². The zero-order chi connectivity index (χ0) is 17.7. The van der Waals surface area contributed by atoms with Gasteiger partial charge in [0.25, 0.3) is 0 Å². The van der Waals surface area contributed by atoms with Gasteiger partial charge in [0.2, 0.25) is 5.91 Å². The van der Waals surface area contributed by atoms with E-state index in [1.54, 1.807) is 49.2 Å². The molecule has 1 unspecified atom stereocenters. The van der Waals surface area contributed by atoms with E-state index in [2.05, 4.69) is 5.32 Å². The van der Waals surface area contributed by atoms with Gasteiger partial charge < -0.3 is 5.32 Å². The zero-order valence-electron chi connectivity index (χ0n) is 13.4. The Balaban J connectivity index is 2.02. The molecule has 2 aromatic carbocycles. The van der Waals surface area contributed by atoms with E-state index in [1.807, 2.05) is 6.07 Å². The van der Waals surface area contributed by atoms with E-state index in [0.29, 0.717) is 23.4 Å². The number of carbonyl (C=O) groups excluding carboxylic acids is 1. The maximum atomic E-state index is 13.7. The predicted octanol–water partition coefficient (Wildman–Crippen LogP) is 3.81. The summed E-state index contributed by atoms with van der Waals surface area (Å²) in [5.41, 5.74) is 1.38. The number of rotatable bonds is 5. The lowest BCUT2D eigenvalue weighted by molar-refractivity contribution is -0.120. The molecule has 1 N–H and O–H groups in total. The highest BCUT2D eigenvalue weighted by atomic mass is 35.5. The maximum absolute atomic E-state index is 13.7. The van der Waals surface area contributed by atoms with Crippen LogP contribution in [0.4, 0.5) is 10.1 Å². The van der Waals surface area contributed by atoms with Gasteiger partial charge in [-0.25, -0.2) is 4.39 Å².